The second kappa shape index (κ2) is 6.91. The van der Waals surface area contributed by atoms with Crippen LogP contribution in [0.3, 0.4) is 0 Å². The van der Waals surface area contributed by atoms with E-state index in [2.05, 4.69) is 6.07 Å². The molecule has 0 saturated heterocycles. The van der Waals surface area contributed by atoms with Gasteiger partial charge in [0.25, 0.3) is 5.56 Å². The number of ether oxygens (including phenoxy) is 1. The largest absolute Gasteiger partial charge is 0.488 e. The van der Waals surface area contributed by atoms with E-state index in [1.165, 1.54) is 11.6 Å². The predicted octanol–water partition coefficient (Wildman–Crippen LogP) is 2.01. The molecule has 126 valence electrons. The Morgan fingerprint density at radius 1 is 1.25 bits per heavy atom. The molecular formula is C19H22N2O3. The predicted molar refractivity (Wildman–Crippen MR) is 92.3 cm³/mol. The highest BCUT2D eigenvalue weighted by Crippen LogP contribution is 2.28. The molecule has 2 heterocycles. The molecule has 1 aromatic carbocycles. The number of likely N-dealkylation sites (N-methyl/N-ethyl adjacent to an activating group) is 1. The summed E-state index contributed by atoms with van der Waals surface area (Å²) in [7, 11) is 1.79. The van der Waals surface area contributed by atoms with E-state index >= 15 is 0 Å². The Morgan fingerprint density at radius 2 is 2.04 bits per heavy atom. The second-order valence-electron chi connectivity index (χ2n) is 6.23. The van der Waals surface area contributed by atoms with Gasteiger partial charge < -0.3 is 14.2 Å². The van der Waals surface area contributed by atoms with Crippen LogP contribution in [0.15, 0.2) is 47.3 Å². The van der Waals surface area contributed by atoms with E-state index in [-0.39, 0.29) is 17.6 Å². The minimum Gasteiger partial charge on any atom is -0.488 e. The number of carbonyl (C=O) groups is 1. The van der Waals surface area contributed by atoms with E-state index in [0.717, 1.165) is 17.9 Å². The number of pyridine rings is 1. The smallest absolute Gasteiger partial charge is 0.250 e. The molecule has 1 atom stereocenters. The summed E-state index contributed by atoms with van der Waals surface area (Å²) in [5.41, 5.74) is 1.99. The topological polar surface area (TPSA) is 51.5 Å². The van der Waals surface area contributed by atoms with Crippen molar-refractivity contribution in [1.82, 2.24) is 9.47 Å². The first-order valence-electron chi connectivity index (χ1n) is 8.19. The molecule has 0 aliphatic carbocycles. The highest BCUT2D eigenvalue weighted by molar-refractivity contribution is 5.75. The van der Waals surface area contributed by atoms with Gasteiger partial charge in [-0.15, -0.1) is 0 Å². The lowest BCUT2D eigenvalue weighted by atomic mass is 10.1. The van der Waals surface area contributed by atoms with Crippen molar-refractivity contribution in [3.63, 3.8) is 0 Å². The van der Waals surface area contributed by atoms with Gasteiger partial charge in [0.1, 0.15) is 11.9 Å². The lowest BCUT2D eigenvalue weighted by Gasteiger charge is -2.21. The van der Waals surface area contributed by atoms with Gasteiger partial charge in [-0.25, -0.2) is 0 Å². The molecule has 0 spiro atoms. The number of amides is 1. The molecule has 2 aromatic rings. The normalized spacial score (nSPS) is 15.7. The van der Waals surface area contributed by atoms with Crippen LogP contribution in [0.5, 0.6) is 5.75 Å². The highest BCUT2D eigenvalue weighted by atomic mass is 16.5. The van der Waals surface area contributed by atoms with Gasteiger partial charge in [-0.2, -0.15) is 0 Å². The number of rotatable bonds is 5. The maximum atomic E-state index is 12.4. The fraction of sp³-hybridized carbons (Fsp3) is 0.368. The van der Waals surface area contributed by atoms with Crippen molar-refractivity contribution in [3.05, 3.63) is 64.1 Å². The molecule has 0 bridgehead atoms. The number of nitrogens with zero attached hydrogens (tertiary/aromatic N) is 2. The van der Waals surface area contributed by atoms with Crippen molar-refractivity contribution in [1.29, 1.82) is 0 Å². The van der Waals surface area contributed by atoms with E-state index in [9.17, 15) is 9.59 Å². The van der Waals surface area contributed by atoms with Gasteiger partial charge in [0.15, 0.2) is 0 Å². The van der Waals surface area contributed by atoms with Gasteiger partial charge in [-0.3, -0.25) is 9.59 Å². The molecule has 0 fully saturated rings. The van der Waals surface area contributed by atoms with Crippen molar-refractivity contribution < 1.29 is 9.53 Å². The molecule has 0 saturated carbocycles. The molecular weight excluding hydrogens is 304 g/mol. The quantitative estimate of drug-likeness (QED) is 0.844. The lowest BCUT2D eigenvalue weighted by molar-refractivity contribution is -0.131. The van der Waals surface area contributed by atoms with Crippen molar-refractivity contribution in [2.24, 2.45) is 0 Å². The van der Waals surface area contributed by atoms with E-state index in [4.69, 9.17) is 4.74 Å². The second-order valence-corrected chi connectivity index (χ2v) is 6.23. The van der Waals surface area contributed by atoms with E-state index in [0.29, 0.717) is 19.5 Å². The van der Waals surface area contributed by atoms with Crippen LogP contribution in [-0.2, 0) is 17.8 Å². The number of aryl methyl sites for hydroxylation is 1. The molecule has 1 aliphatic heterocycles. The number of hydrogen-bond donors (Lipinski definition) is 0. The molecule has 3 rings (SSSR count). The number of aromatic nitrogens is 1. The van der Waals surface area contributed by atoms with Crippen molar-refractivity contribution in [2.75, 3.05) is 13.6 Å². The van der Waals surface area contributed by atoms with Crippen molar-refractivity contribution >= 4 is 5.91 Å². The van der Waals surface area contributed by atoms with Gasteiger partial charge in [-0.05, 0) is 24.6 Å². The summed E-state index contributed by atoms with van der Waals surface area (Å²) in [4.78, 5) is 25.9. The van der Waals surface area contributed by atoms with Crippen LogP contribution >= 0.6 is 0 Å². The number of benzene rings is 1. The van der Waals surface area contributed by atoms with E-state index in [1.54, 1.807) is 22.6 Å². The molecule has 1 amide bonds. The zero-order valence-electron chi connectivity index (χ0n) is 14.1. The fourth-order valence-corrected chi connectivity index (χ4v) is 3.07. The summed E-state index contributed by atoms with van der Waals surface area (Å²) >= 11 is 0. The van der Waals surface area contributed by atoms with Crippen LogP contribution in [0.25, 0.3) is 0 Å². The minimum absolute atomic E-state index is 0.00228. The van der Waals surface area contributed by atoms with Crippen LogP contribution in [0.4, 0.5) is 0 Å². The summed E-state index contributed by atoms with van der Waals surface area (Å²) in [6.07, 6.45) is 1.13. The zero-order chi connectivity index (χ0) is 17.1. The van der Waals surface area contributed by atoms with Crippen molar-refractivity contribution in [2.45, 2.75) is 32.4 Å². The minimum atomic E-state index is -0.0694. The molecule has 24 heavy (non-hydrogen) atoms. The van der Waals surface area contributed by atoms with Crippen LogP contribution in [0, 0.1) is 6.92 Å². The lowest BCUT2D eigenvalue weighted by Crippen LogP contribution is -2.37. The Bertz CT molecular complexity index is 772. The third kappa shape index (κ3) is 3.50. The van der Waals surface area contributed by atoms with E-state index in [1.807, 2.05) is 31.2 Å². The molecule has 1 aromatic heterocycles. The van der Waals surface area contributed by atoms with Gasteiger partial charge in [0.2, 0.25) is 5.91 Å². The van der Waals surface area contributed by atoms with Gasteiger partial charge in [0, 0.05) is 38.2 Å². The fourth-order valence-electron chi connectivity index (χ4n) is 3.07. The van der Waals surface area contributed by atoms with Gasteiger partial charge >= 0.3 is 0 Å². The van der Waals surface area contributed by atoms with Crippen molar-refractivity contribution in [3.8, 4) is 5.75 Å². The highest BCUT2D eigenvalue weighted by Gasteiger charge is 2.24. The van der Waals surface area contributed by atoms with Crippen LogP contribution < -0.4 is 10.3 Å². The third-order valence-electron chi connectivity index (χ3n) is 4.43. The number of hydrogen-bond acceptors (Lipinski definition) is 3. The number of carbonyl (C=O) groups excluding carboxylic acids is 1. The average molecular weight is 326 g/mol. The summed E-state index contributed by atoms with van der Waals surface area (Å²) in [6, 6.07) is 13.1. The maximum Gasteiger partial charge on any atom is 0.250 e. The third-order valence-corrected chi connectivity index (χ3v) is 4.43. The molecule has 5 heteroatoms. The zero-order valence-corrected chi connectivity index (χ0v) is 14.1. The maximum absolute atomic E-state index is 12.4. The summed E-state index contributed by atoms with van der Waals surface area (Å²) in [5.74, 6) is 0.930. The average Bonchev–Trinajstić information content (AvgIpc) is 2.96. The first-order chi connectivity index (χ1) is 11.5. The number of para-hydroxylation sites is 1. The van der Waals surface area contributed by atoms with Crippen LogP contribution in [0.2, 0.25) is 0 Å². The van der Waals surface area contributed by atoms with Gasteiger partial charge in [-0.1, -0.05) is 24.3 Å². The molecule has 1 aliphatic rings. The standard InChI is InChI=1S/C19H22N2O3/c1-14-6-5-9-19(23)21(14)11-10-18(22)20(2)13-16-12-15-7-3-4-8-17(15)24-16/h3-9,16H,10-13H2,1-2H3/t16-/m0/s1. The first kappa shape index (κ1) is 16.3. The monoisotopic (exact) mass is 326 g/mol. The van der Waals surface area contributed by atoms with Crippen LogP contribution in [0.1, 0.15) is 17.7 Å². The molecule has 0 unspecified atom stereocenters. The first-order valence-corrected chi connectivity index (χ1v) is 8.19. The van der Waals surface area contributed by atoms with Crippen LogP contribution in [-0.4, -0.2) is 35.1 Å². The summed E-state index contributed by atoms with van der Waals surface area (Å²) in [5, 5.41) is 0. The Morgan fingerprint density at radius 3 is 2.79 bits per heavy atom. The van der Waals surface area contributed by atoms with E-state index < -0.39 is 0 Å². The Kier molecular flexibility index (Phi) is 4.69. The Hall–Kier alpha value is -2.56. The summed E-state index contributed by atoms with van der Waals surface area (Å²) < 4.78 is 7.51. The molecule has 0 N–H and O–H groups in total. The SMILES string of the molecule is Cc1cccc(=O)n1CCC(=O)N(C)C[C@@H]1Cc2ccccc2O1. The number of fused-ring (bicyclic) bond motifs is 1. The molecule has 0 radical (unpaired) electrons. The Labute approximate surface area is 141 Å². The molecule has 5 nitrogen and oxygen atoms in total. The Balaban J connectivity index is 1.54. The van der Waals surface area contributed by atoms with Gasteiger partial charge in [0.05, 0.1) is 6.54 Å². The summed E-state index contributed by atoms with van der Waals surface area (Å²) in [6.45, 7) is 2.83.